The number of hydrogen-bond donors (Lipinski definition) is 2. The quantitative estimate of drug-likeness (QED) is 0.592. The number of aliphatic hydroxyl groups excluding tert-OH is 1. The molecule has 3 heteroatoms. The summed E-state index contributed by atoms with van der Waals surface area (Å²) in [5.74, 6) is 0. The Hall–Kier alpha value is -0.120. The molecule has 68 valence electrons. The van der Waals surface area contributed by atoms with Crippen LogP contribution in [0, 0.1) is 0 Å². The van der Waals surface area contributed by atoms with Crippen molar-refractivity contribution in [1.29, 1.82) is 0 Å². The van der Waals surface area contributed by atoms with Crippen molar-refractivity contribution in [2.45, 2.75) is 32.4 Å². The van der Waals surface area contributed by atoms with Crippen LogP contribution in [0.2, 0.25) is 0 Å². The van der Waals surface area contributed by atoms with E-state index < -0.39 is 0 Å². The van der Waals surface area contributed by atoms with E-state index in [-0.39, 0.29) is 6.10 Å². The minimum atomic E-state index is -0.264. The zero-order valence-corrected chi connectivity index (χ0v) is 7.63. The van der Waals surface area contributed by atoms with Crippen molar-refractivity contribution in [2.75, 3.05) is 20.3 Å². The van der Waals surface area contributed by atoms with Crippen LogP contribution in [0.15, 0.2) is 0 Å². The second-order valence-corrected chi connectivity index (χ2v) is 2.94. The Bertz CT molecular complexity index is 86.2. The predicted octanol–water partition coefficient (Wildman–Crippen LogP) is 0.382. The van der Waals surface area contributed by atoms with Gasteiger partial charge in [0.2, 0.25) is 0 Å². The summed E-state index contributed by atoms with van der Waals surface area (Å²) in [6.07, 6.45) is 0.725. The molecule has 0 saturated heterocycles. The molecule has 0 aromatic heterocycles. The van der Waals surface area contributed by atoms with Crippen molar-refractivity contribution in [3.05, 3.63) is 0 Å². The minimum absolute atomic E-state index is 0.264. The Morgan fingerprint density at radius 2 is 2.09 bits per heavy atom. The predicted molar refractivity (Wildman–Crippen MR) is 45.6 cm³/mol. The zero-order valence-electron chi connectivity index (χ0n) is 7.63. The molecular weight excluding hydrogens is 142 g/mol. The summed E-state index contributed by atoms with van der Waals surface area (Å²) < 4.78 is 4.92. The number of ether oxygens (including phenoxy) is 1. The summed E-state index contributed by atoms with van der Waals surface area (Å²) in [5.41, 5.74) is 0. The van der Waals surface area contributed by atoms with Gasteiger partial charge in [0.1, 0.15) is 0 Å². The molecule has 0 aliphatic rings. The summed E-state index contributed by atoms with van der Waals surface area (Å²) in [5, 5.41) is 12.1. The molecule has 0 aromatic carbocycles. The molecule has 1 unspecified atom stereocenters. The van der Waals surface area contributed by atoms with Crippen molar-refractivity contribution >= 4 is 0 Å². The van der Waals surface area contributed by atoms with Gasteiger partial charge < -0.3 is 15.2 Å². The lowest BCUT2D eigenvalue weighted by molar-refractivity contribution is 0.168. The van der Waals surface area contributed by atoms with Gasteiger partial charge in [-0.25, -0.2) is 0 Å². The van der Waals surface area contributed by atoms with Crippen LogP contribution in [0.4, 0.5) is 0 Å². The first-order valence-corrected chi connectivity index (χ1v) is 4.07. The normalized spacial score (nSPS) is 16.4. The average Bonchev–Trinajstić information content (AvgIpc) is 1.97. The molecule has 0 bridgehead atoms. The highest BCUT2D eigenvalue weighted by Gasteiger charge is 2.01. The number of nitrogens with one attached hydrogen (secondary N) is 1. The lowest BCUT2D eigenvalue weighted by Crippen LogP contribution is -2.33. The summed E-state index contributed by atoms with van der Waals surface area (Å²) >= 11 is 0. The number of rotatable bonds is 6. The maximum Gasteiger partial charge on any atom is 0.0636 e. The third kappa shape index (κ3) is 7.78. The van der Waals surface area contributed by atoms with Crippen LogP contribution in [0.5, 0.6) is 0 Å². The molecular formula is C8H19NO2. The van der Waals surface area contributed by atoms with Crippen LogP contribution < -0.4 is 5.32 Å². The Morgan fingerprint density at radius 1 is 1.45 bits per heavy atom. The Morgan fingerprint density at radius 3 is 2.55 bits per heavy atom. The molecule has 0 aliphatic carbocycles. The molecule has 0 heterocycles. The van der Waals surface area contributed by atoms with E-state index in [1.165, 1.54) is 0 Å². The first-order valence-electron chi connectivity index (χ1n) is 4.07. The summed E-state index contributed by atoms with van der Waals surface area (Å²) in [7, 11) is 1.70. The Balaban J connectivity index is 3.15. The van der Waals surface area contributed by atoms with E-state index >= 15 is 0 Å². The molecule has 0 rings (SSSR count). The van der Waals surface area contributed by atoms with E-state index in [1.54, 1.807) is 14.0 Å². The van der Waals surface area contributed by atoms with Crippen LogP contribution in [-0.4, -0.2) is 37.5 Å². The lowest BCUT2D eigenvalue weighted by atomic mass is 10.2. The van der Waals surface area contributed by atoms with Crippen molar-refractivity contribution < 1.29 is 9.84 Å². The Kier molecular flexibility index (Phi) is 6.51. The monoisotopic (exact) mass is 161 g/mol. The molecule has 2 N–H and O–H groups in total. The van der Waals surface area contributed by atoms with Crippen molar-refractivity contribution in [1.82, 2.24) is 5.32 Å². The number of hydrogen-bond acceptors (Lipinski definition) is 3. The van der Waals surface area contributed by atoms with Gasteiger partial charge >= 0.3 is 0 Å². The van der Waals surface area contributed by atoms with Crippen LogP contribution in [-0.2, 0) is 4.74 Å². The largest absolute Gasteiger partial charge is 0.392 e. The minimum Gasteiger partial charge on any atom is -0.392 e. The summed E-state index contributed by atoms with van der Waals surface area (Å²) in [6.45, 7) is 5.29. The topological polar surface area (TPSA) is 41.5 Å². The highest BCUT2D eigenvalue weighted by Crippen LogP contribution is 1.90. The fraction of sp³-hybridized carbons (Fsp3) is 1.00. The highest BCUT2D eigenvalue weighted by atomic mass is 16.5. The number of aliphatic hydroxyl groups is 1. The molecule has 11 heavy (non-hydrogen) atoms. The summed E-state index contributed by atoms with van der Waals surface area (Å²) in [4.78, 5) is 0. The van der Waals surface area contributed by atoms with Crippen molar-refractivity contribution in [2.24, 2.45) is 0 Å². The highest BCUT2D eigenvalue weighted by molar-refractivity contribution is 4.61. The van der Waals surface area contributed by atoms with Crippen LogP contribution in [0.25, 0.3) is 0 Å². The van der Waals surface area contributed by atoms with Gasteiger partial charge in [-0.15, -0.1) is 0 Å². The van der Waals surface area contributed by atoms with Gasteiger partial charge in [0.15, 0.2) is 0 Å². The van der Waals surface area contributed by atoms with E-state index in [1.807, 2.05) is 0 Å². The first-order chi connectivity index (χ1) is 5.16. The average molecular weight is 161 g/mol. The molecule has 0 spiro atoms. The third-order valence-corrected chi connectivity index (χ3v) is 1.52. The van der Waals surface area contributed by atoms with Crippen molar-refractivity contribution in [3.63, 3.8) is 0 Å². The second-order valence-electron chi connectivity index (χ2n) is 2.94. The molecule has 0 aliphatic heterocycles. The maximum absolute atomic E-state index is 8.93. The third-order valence-electron chi connectivity index (χ3n) is 1.52. The maximum atomic E-state index is 8.93. The van der Waals surface area contributed by atoms with Crippen LogP contribution in [0.1, 0.15) is 20.3 Å². The van der Waals surface area contributed by atoms with E-state index in [2.05, 4.69) is 12.2 Å². The molecule has 0 fully saturated rings. The van der Waals surface area contributed by atoms with Gasteiger partial charge in [0.25, 0.3) is 0 Å². The molecule has 3 nitrogen and oxygen atoms in total. The molecule has 0 radical (unpaired) electrons. The van der Waals surface area contributed by atoms with E-state index in [0.29, 0.717) is 12.6 Å². The zero-order chi connectivity index (χ0) is 8.69. The molecule has 0 amide bonds. The fourth-order valence-electron chi connectivity index (χ4n) is 0.768. The lowest BCUT2D eigenvalue weighted by Gasteiger charge is -2.13. The first kappa shape index (κ1) is 10.9. The van der Waals surface area contributed by atoms with E-state index in [4.69, 9.17) is 9.84 Å². The van der Waals surface area contributed by atoms with Crippen LogP contribution >= 0.6 is 0 Å². The van der Waals surface area contributed by atoms with Crippen LogP contribution in [0.3, 0.4) is 0 Å². The van der Waals surface area contributed by atoms with Gasteiger partial charge in [0, 0.05) is 26.3 Å². The molecule has 2 atom stereocenters. The second kappa shape index (κ2) is 6.58. The molecule has 0 aromatic rings. The van der Waals surface area contributed by atoms with Gasteiger partial charge in [-0.1, -0.05) is 0 Å². The molecule has 0 saturated carbocycles. The van der Waals surface area contributed by atoms with Gasteiger partial charge in [-0.05, 0) is 20.3 Å². The van der Waals surface area contributed by atoms with Gasteiger partial charge in [-0.3, -0.25) is 0 Å². The van der Waals surface area contributed by atoms with Gasteiger partial charge in [0.05, 0.1) is 6.10 Å². The van der Waals surface area contributed by atoms with Gasteiger partial charge in [-0.2, -0.15) is 0 Å². The summed E-state index contributed by atoms with van der Waals surface area (Å²) in [6, 6.07) is 0.421. The smallest absolute Gasteiger partial charge is 0.0636 e. The van der Waals surface area contributed by atoms with E-state index in [9.17, 15) is 0 Å². The SMILES string of the molecule is COCCC(C)NC[C@H](C)O. The fourth-order valence-corrected chi connectivity index (χ4v) is 0.768. The standard InChI is InChI=1S/C8H19NO2/c1-7(4-5-11-3)9-6-8(2)10/h7-10H,4-6H2,1-3H3/t7?,8-/m0/s1. The van der Waals surface area contributed by atoms with Crippen molar-refractivity contribution in [3.8, 4) is 0 Å². The van der Waals surface area contributed by atoms with E-state index in [0.717, 1.165) is 13.0 Å². The number of methoxy groups -OCH3 is 1. The Labute approximate surface area is 68.8 Å².